The van der Waals surface area contributed by atoms with Crippen molar-refractivity contribution in [2.24, 2.45) is 0 Å². The van der Waals surface area contributed by atoms with E-state index in [0.717, 1.165) is 25.0 Å². The number of nitrogens with one attached hydrogen (secondary N) is 2. The second-order valence-corrected chi connectivity index (χ2v) is 6.90. The van der Waals surface area contributed by atoms with Crippen molar-refractivity contribution in [2.75, 3.05) is 5.32 Å². The minimum Gasteiger partial charge on any atom is -0.340 e. The SMILES string of the molecule is C[C@H](NC(=O)c1ccccc1Cl)C(=O)Nc1nc2c(s1)CCC2. The van der Waals surface area contributed by atoms with Crippen LogP contribution >= 0.6 is 22.9 Å². The molecule has 0 bridgehead atoms. The molecule has 0 fully saturated rings. The fourth-order valence-electron chi connectivity index (χ4n) is 2.44. The van der Waals surface area contributed by atoms with E-state index < -0.39 is 6.04 Å². The fourth-order valence-corrected chi connectivity index (χ4v) is 3.72. The Balaban J connectivity index is 1.61. The van der Waals surface area contributed by atoms with E-state index in [0.29, 0.717) is 15.7 Å². The Morgan fingerprint density at radius 2 is 2.09 bits per heavy atom. The first-order valence-corrected chi connectivity index (χ1v) is 8.59. The minimum absolute atomic E-state index is 0.294. The molecule has 1 aliphatic carbocycles. The minimum atomic E-state index is -0.683. The van der Waals surface area contributed by atoms with Crippen molar-refractivity contribution >= 4 is 39.9 Å². The smallest absolute Gasteiger partial charge is 0.253 e. The van der Waals surface area contributed by atoms with E-state index in [9.17, 15) is 9.59 Å². The summed E-state index contributed by atoms with van der Waals surface area (Å²) >= 11 is 7.49. The highest BCUT2D eigenvalue weighted by Crippen LogP contribution is 2.30. The summed E-state index contributed by atoms with van der Waals surface area (Å²) in [4.78, 5) is 30.0. The number of rotatable bonds is 4. The summed E-state index contributed by atoms with van der Waals surface area (Å²) in [6.45, 7) is 1.63. The molecule has 1 aromatic heterocycles. The molecule has 2 N–H and O–H groups in total. The number of thiazole rings is 1. The van der Waals surface area contributed by atoms with Gasteiger partial charge in [0.25, 0.3) is 5.91 Å². The lowest BCUT2D eigenvalue weighted by molar-refractivity contribution is -0.117. The zero-order chi connectivity index (χ0) is 16.4. The van der Waals surface area contributed by atoms with Gasteiger partial charge < -0.3 is 10.6 Å². The standard InChI is InChI=1S/C16H16ClN3O2S/c1-9(18-15(22)10-5-2-3-6-11(10)17)14(21)20-16-19-12-7-4-8-13(12)23-16/h2-3,5-6,9H,4,7-8H2,1H3,(H,18,22)(H,19,20,21)/t9-/m0/s1. The molecule has 120 valence electrons. The van der Waals surface area contributed by atoms with Crippen molar-refractivity contribution in [1.82, 2.24) is 10.3 Å². The quantitative estimate of drug-likeness (QED) is 0.891. The third-order valence-electron chi connectivity index (χ3n) is 3.69. The third-order valence-corrected chi connectivity index (χ3v) is 5.09. The number of benzene rings is 1. The Morgan fingerprint density at radius 1 is 1.30 bits per heavy atom. The second kappa shape index (κ2) is 6.68. The van der Waals surface area contributed by atoms with Crippen LogP contribution in [-0.2, 0) is 17.6 Å². The van der Waals surface area contributed by atoms with Crippen molar-refractivity contribution in [3.05, 3.63) is 45.4 Å². The number of halogens is 1. The predicted octanol–water partition coefficient (Wildman–Crippen LogP) is 3.04. The summed E-state index contributed by atoms with van der Waals surface area (Å²) in [6, 6.07) is 6.04. The summed E-state index contributed by atoms with van der Waals surface area (Å²) < 4.78 is 0. The van der Waals surface area contributed by atoms with E-state index >= 15 is 0 Å². The number of fused-ring (bicyclic) bond motifs is 1. The molecule has 0 aliphatic heterocycles. The summed E-state index contributed by atoms with van der Waals surface area (Å²) in [5, 5.41) is 6.36. The number of carbonyl (C=O) groups excluding carboxylic acids is 2. The second-order valence-electron chi connectivity index (χ2n) is 5.41. The van der Waals surface area contributed by atoms with Crippen LogP contribution in [0.2, 0.25) is 5.02 Å². The summed E-state index contributed by atoms with van der Waals surface area (Å²) in [6.07, 6.45) is 3.13. The number of hydrogen-bond acceptors (Lipinski definition) is 4. The molecule has 2 aromatic rings. The molecular formula is C16H16ClN3O2S. The molecule has 1 aromatic carbocycles. The molecule has 1 aliphatic rings. The van der Waals surface area contributed by atoms with Crippen LogP contribution in [0.25, 0.3) is 0 Å². The normalized spacial score (nSPS) is 14.2. The third kappa shape index (κ3) is 3.54. The van der Waals surface area contributed by atoms with Crippen molar-refractivity contribution in [3.63, 3.8) is 0 Å². The highest BCUT2D eigenvalue weighted by molar-refractivity contribution is 7.15. The summed E-state index contributed by atoms with van der Waals surface area (Å²) in [7, 11) is 0. The van der Waals surface area contributed by atoms with Gasteiger partial charge in [-0.2, -0.15) is 0 Å². The van der Waals surface area contributed by atoms with Crippen LogP contribution in [0.1, 0.15) is 34.3 Å². The Morgan fingerprint density at radius 3 is 2.83 bits per heavy atom. The lowest BCUT2D eigenvalue weighted by Gasteiger charge is -2.13. The van der Waals surface area contributed by atoms with Gasteiger partial charge in [-0.25, -0.2) is 4.98 Å². The van der Waals surface area contributed by atoms with E-state index in [4.69, 9.17) is 11.6 Å². The Labute approximate surface area is 143 Å². The first-order chi connectivity index (χ1) is 11.0. The number of amides is 2. The maximum Gasteiger partial charge on any atom is 0.253 e. The average molecular weight is 350 g/mol. The molecule has 0 unspecified atom stereocenters. The zero-order valence-corrected chi connectivity index (χ0v) is 14.1. The molecule has 3 rings (SSSR count). The average Bonchev–Trinajstić information content (AvgIpc) is 3.08. The van der Waals surface area contributed by atoms with Gasteiger partial charge in [-0.3, -0.25) is 9.59 Å². The van der Waals surface area contributed by atoms with Crippen molar-refractivity contribution in [2.45, 2.75) is 32.2 Å². The molecule has 7 heteroatoms. The number of aromatic nitrogens is 1. The molecule has 1 heterocycles. The number of hydrogen-bond donors (Lipinski definition) is 2. The monoisotopic (exact) mass is 349 g/mol. The summed E-state index contributed by atoms with van der Waals surface area (Å²) in [5.41, 5.74) is 1.43. The lowest BCUT2D eigenvalue weighted by atomic mass is 10.2. The van der Waals surface area contributed by atoms with Crippen molar-refractivity contribution in [3.8, 4) is 0 Å². The zero-order valence-electron chi connectivity index (χ0n) is 12.6. The van der Waals surface area contributed by atoms with Gasteiger partial charge in [-0.05, 0) is 38.3 Å². The number of nitrogens with zero attached hydrogens (tertiary/aromatic N) is 1. The van der Waals surface area contributed by atoms with Gasteiger partial charge in [0, 0.05) is 4.88 Å². The van der Waals surface area contributed by atoms with E-state index in [1.165, 1.54) is 16.2 Å². The fraction of sp³-hybridized carbons (Fsp3) is 0.312. The van der Waals surface area contributed by atoms with Crippen LogP contribution in [-0.4, -0.2) is 22.8 Å². The maximum atomic E-state index is 12.2. The van der Waals surface area contributed by atoms with Crippen molar-refractivity contribution < 1.29 is 9.59 Å². The van der Waals surface area contributed by atoms with Crippen LogP contribution in [0.4, 0.5) is 5.13 Å². The molecular weight excluding hydrogens is 334 g/mol. The van der Waals surface area contributed by atoms with E-state index in [1.807, 2.05) is 0 Å². The molecule has 0 spiro atoms. The predicted molar refractivity (Wildman–Crippen MR) is 91.1 cm³/mol. The van der Waals surface area contributed by atoms with Gasteiger partial charge in [-0.1, -0.05) is 23.7 Å². The van der Waals surface area contributed by atoms with Gasteiger partial charge in [0.1, 0.15) is 6.04 Å². The molecule has 5 nitrogen and oxygen atoms in total. The topological polar surface area (TPSA) is 71.1 Å². The Kier molecular flexibility index (Phi) is 4.63. The van der Waals surface area contributed by atoms with Crippen LogP contribution in [0.15, 0.2) is 24.3 Å². The first-order valence-electron chi connectivity index (χ1n) is 7.39. The van der Waals surface area contributed by atoms with Gasteiger partial charge in [0.15, 0.2) is 5.13 Å². The number of carbonyl (C=O) groups is 2. The van der Waals surface area contributed by atoms with Gasteiger partial charge in [0.2, 0.25) is 5.91 Å². The lowest BCUT2D eigenvalue weighted by Crippen LogP contribution is -2.41. The van der Waals surface area contributed by atoms with Crippen LogP contribution in [0, 0.1) is 0 Å². The van der Waals surface area contributed by atoms with Crippen LogP contribution in [0.3, 0.4) is 0 Å². The number of aryl methyl sites for hydroxylation is 2. The number of anilines is 1. The largest absolute Gasteiger partial charge is 0.340 e. The highest BCUT2D eigenvalue weighted by Gasteiger charge is 2.21. The van der Waals surface area contributed by atoms with E-state index in [1.54, 1.807) is 31.2 Å². The van der Waals surface area contributed by atoms with Crippen LogP contribution < -0.4 is 10.6 Å². The molecule has 23 heavy (non-hydrogen) atoms. The molecule has 1 atom stereocenters. The highest BCUT2D eigenvalue weighted by atomic mass is 35.5. The molecule has 2 amide bonds. The Bertz CT molecular complexity index is 738. The van der Waals surface area contributed by atoms with Crippen LogP contribution in [0.5, 0.6) is 0 Å². The Hall–Kier alpha value is -1.92. The summed E-state index contributed by atoms with van der Waals surface area (Å²) in [5.74, 6) is -0.669. The maximum absolute atomic E-state index is 12.2. The van der Waals surface area contributed by atoms with Crippen molar-refractivity contribution in [1.29, 1.82) is 0 Å². The van der Waals surface area contributed by atoms with Gasteiger partial charge in [0.05, 0.1) is 16.3 Å². The van der Waals surface area contributed by atoms with Gasteiger partial charge >= 0.3 is 0 Å². The molecule has 0 saturated heterocycles. The molecule has 0 saturated carbocycles. The van der Waals surface area contributed by atoms with Gasteiger partial charge in [-0.15, -0.1) is 11.3 Å². The first kappa shape index (κ1) is 16.0. The van der Waals surface area contributed by atoms with E-state index in [-0.39, 0.29) is 11.8 Å². The molecule has 0 radical (unpaired) electrons. The van der Waals surface area contributed by atoms with E-state index in [2.05, 4.69) is 15.6 Å².